The van der Waals surface area contributed by atoms with Crippen LogP contribution in [0.1, 0.15) is 31.2 Å². The van der Waals surface area contributed by atoms with Crippen molar-refractivity contribution in [2.75, 3.05) is 19.6 Å². The lowest BCUT2D eigenvalue weighted by atomic mass is 9.96. The van der Waals surface area contributed by atoms with Crippen molar-refractivity contribution in [3.05, 3.63) is 35.9 Å². The predicted octanol–water partition coefficient (Wildman–Crippen LogP) is 1.41. The molecule has 0 aromatic heterocycles. The Bertz CT molecular complexity index is 536. The number of carbonyl (C=O) groups is 1. The molecular weight excluding hydrogens is 266 g/mol. The second-order valence-corrected chi connectivity index (χ2v) is 5.94. The summed E-state index contributed by atoms with van der Waals surface area (Å²) in [6.45, 7) is 4.40. The van der Waals surface area contributed by atoms with Gasteiger partial charge in [-0.25, -0.2) is 0 Å². The van der Waals surface area contributed by atoms with Crippen LogP contribution in [-0.2, 0) is 9.63 Å². The van der Waals surface area contributed by atoms with Gasteiger partial charge in [-0.2, -0.15) is 0 Å². The Labute approximate surface area is 124 Å². The Hall–Kier alpha value is -1.88. The minimum atomic E-state index is -0.280. The standard InChI is InChI=1S/C16H21N3O2/c1-12(13-5-3-2-4-6-13)10-18-15(20)14-9-16(21-19-14)7-8-17-11-16/h2-6,12,17H,7-11H2,1H3,(H,18,20). The summed E-state index contributed by atoms with van der Waals surface area (Å²) in [5.41, 5.74) is 1.45. The number of hydrogen-bond donors (Lipinski definition) is 2. The Morgan fingerprint density at radius 3 is 3.00 bits per heavy atom. The van der Waals surface area contributed by atoms with E-state index in [0.29, 0.717) is 18.7 Å². The Kier molecular flexibility index (Phi) is 3.92. The van der Waals surface area contributed by atoms with Gasteiger partial charge < -0.3 is 15.5 Å². The van der Waals surface area contributed by atoms with E-state index in [2.05, 4.69) is 34.8 Å². The third-order valence-corrected chi connectivity index (χ3v) is 4.24. The van der Waals surface area contributed by atoms with Crippen molar-refractivity contribution in [1.29, 1.82) is 0 Å². The maximum absolute atomic E-state index is 12.2. The number of nitrogens with one attached hydrogen (secondary N) is 2. The molecule has 0 radical (unpaired) electrons. The lowest BCUT2D eigenvalue weighted by Gasteiger charge is -2.18. The van der Waals surface area contributed by atoms with Gasteiger partial charge in [-0.15, -0.1) is 0 Å². The van der Waals surface area contributed by atoms with E-state index in [9.17, 15) is 4.79 Å². The van der Waals surface area contributed by atoms with Crippen molar-refractivity contribution in [2.45, 2.75) is 31.3 Å². The van der Waals surface area contributed by atoms with Crippen LogP contribution in [0.5, 0.6) is 0 Å². The molecule has 2 aliphatic rings. The van der Waals surface area contributed by atoms with E-state index in [-0.39, 0.29) is 17.4 Å². The molecule has 2 unspecified atom stereocenters. The highest BCUT2D eigenvalue weighted by Crippen LogP contribution is 2.29. The molecule has 1 amide bonds. The van der Waals surface area contributed by atoms with Crippen molar-refractivity contribution >= 4 is 11.6 Å². The molecule has 2 atom stereocenters. The summed E-state index contributed by atoms with van der Waals surface area (Å²) in [6, 6.07) is 10.2. The molecule has 1 aromatic carbocycles. The number of benzene rings is 1. The molecule has 21 heavy (non-hydrogen) atoms. The van der Waals surface area contributed by atoms with Crippen LogP contribution in [-0.4, -0.2) is 36.9 Å². The zero-order valence-electron chi connectivity index (χ0n) is 12.3. The van der Waals surface area contributed by atoms with Gasteiger partial charge >= 0.3 is 0 Å². The first-order valence-electron chi connectivity index (χ1n) is 7.47. The van der Waals surface area contributed by atoms with Crippen molar-refractivity contribution in [3.8, 4) is 0 Å². The maximum Gasteiger partial charge on any atom is 0.269 e. The van der Waals surface area contributed by atoms with Gasteiger partial charge in [0.2, 0.25) is 0 Å². The first-order valence-corrected chi connectivity index (χ1v) is 7.47. The highest BCUT2D eigenvalue weighted by molar-refractivity contribution is 6.39. The van der Waals surface area contributed by atoms with Gasteiger partial charge in [0.1, 0.15) is 5.71 Å². The van der Waals surface area contributed by atoms with Crippen LogP contribution >= 0.6 is 0 Å². The van der Waals surface area contributed by atoms with Crippen LogP contribution in [0.25, 0.3) is 0 Å². The summed E-state index contributed by atoms with van der Waals surface area (Å²) in [4.78, 5) is 17.7. The van der Waals surface area contributed by atoms with Crippen molar-refractivity contribution < 1.29 is 9.63 Å². The van der Waals surface area contributed by atoms with Crippen molar-refractivity contribution in [2.24, 2.45) is 5.16 Å². The molecule has 0 saturated carbocycles. The zero-order chi connectivity index (χ0) is 14.7. The molecule has 5 heteroatoms. The molecule has 1 saturated heterocycles. The van der Waals surface area contributed by atoms with Gasteiger partial charge in [0.15, 0.2) is 5.60 Å². The summed E-state index contributed by atoms with van der Waals surface area (Å²) in [7, 11) is 0. The fourth-order valence-electron chi connectivity index (χ4n) is 2.84. The second kappa shape index (κ2) is 5.85. The average molecular weight is 287 g/mol. The Morgan fingerprint density at radius 2 is 2.29 bits per heavy atom. The number of hydrogen-bond acceptors (Lipinski definition) is 4. The molecule has 0 aliphatic carbocycles. The highest BCUT2D eigenvalue weighted by Gasteiger charge is 2.43. The summed E-state index contributed by atoms with van der Waals surface area (Å²) in [5.74, 6) is 0.168. The van der Waals surface area contributed by atoms with Gasteiger partial charge in [0.25, 0.3) is 5.91 Å². The molecule has 0 bridgehead atoms. The molecule has 1 aromatic rings. The quantitative estimate of drug-likeness (QED) is 0.880. The highest BCUT2D eigenvalue weighted by atomic mass is 16.7. The van der Waals surface area contributed by atoms with Gasteiger partial charge in [0.05, 0.1) is 0 Å². The van der Waals surface area contributed by atoms with Gasteiger partial charge in [-0.05, 0) is 18.0 Å². The fraction of sp³-hybridized carbons (Fsp3) is 0.500. The van der Waals surface area contributed by atoms with E-state index < -0.39 is 0 Å². The SMILES string of the molecule is CC(CNC(=O)C1=NOC2(CCNC2)C1)c1ccccc1. The van der Waals surface area contributed by atoms with Crippen molar-refractivity contribution in [1.82, 2.24) is 10.6 Å². The number of oxime groups is 1. The van der Waals surface area contributed by atoms with E-state index in [1.807, 2.05) is 18.2 Å². The third kappa shape index (κ3) is 3.08. The van der Waals surface area contributed by atoms with E-state index >= 15 is 0 Å². The van der Waals surface area contributed by atoms with Crippen LogP contribution < -0.4 is 10.6 Å². The summed E-state index contributed by atoms with van der Waals surface area (Å²) >= 11 is 0. The van der Waals surface area contributed by atoms with E-state index in [0.717, 1.165) is 19.5 Å². The summed E-state index contributed by atoms with van der Waals surface area (Å²) < 4.78 is 0. The molecule has 2 N–H and O–H groups in total. The third-order valence-electron chi connectivity index (χ3n) is 4.24. The van der Waals surface area contributed by atoms with Crippen LogP contribution in [0.2, 0.25) is 0 Å². The summed E-state index contributed by atoms with van der Waals surface area (Å²) in [5, 5.41) is 10.2. The molecule has 3 rings (SSSR count). The van der Waals surface area contributed by atoms with E-state index in [1.54, 1.807) is 0 Å². The Morgan fingerprint density at radius 1 is 1.48 bits per heavy atom. The van der Waals surface area contributed by atoms with Gasteiger partial charge in [-0.3, -0.25) is 4.79 Å². The van der Waals surface area contributed by atoms with Gasteiger partial charge in [0, 0.05) is 25.9 Å². The molecule has 2 aliphatic heterocycles. The fourth-order valence-corrected chi connectivity index (χ4v) is 2.84. The lowest BCUT2D eigenvalue weighted by Crippen LogP contribution is -2.37. The average Bonchev–Trinajstić information content (AvgIpc) is 3.16. The molecule has 1 spiro atoms. The number of rotatable bonds is 4. The van der Waals surface area contributed by atoms with Crippen LogP contribution in [0.3, 0.4) is 0 Å². The lowest BCUT2D eigenvalue weighted by molar-refractivity contribution is -0.115. The molecule has 112 valence electrons. The smallest absolute Gasteiger partial charge is 0.269 e. The normalized spacial score (nSPS) is 25.5. The number of nitrogens with zero attached hydrogens (tertiary/aromatic N) is 1. The maximum atomic E-state index is 12.2. The summed E-state index contributed by atoms with van der Waals surface area (Å²) in [6.07, 6.45) is 1.51. The topological polar surface area (TPSA) is 62.7 Å². The van der Waals surface area contributed by atoms with E-state index in [1.165, 1.54) is 5.56 Å². The monoisotopic (exact) mass is 287 g/mol. The molecular formula is C16H21N3O2. The molecule has 1 fully saturated rings. The first-order chi connectivity index (χ1) is 10.2. The first kappa shape index (κ1) is 14.1. The van der Waals surface area contributed by atoms with Gasteiger partial charge in [-0.1, -0.05) is 42.4 Å². The number of carbonyl (C=O) groups excluding carboxylic acids is 1. The van der Waals surface area contributed by atoms with E-state index in [4.69, 9.17) is 4.84 Å². The zero-order valence-corrected chi connectivity index (χ0v) is 12.3. The van der Waals surface area contributed by atoms with Crippen LogP contribution in [0.15, 0.2) is 35.5 Å². The molecule has 5 nitrogen and oxygen atoms in total. The van der Waals surface area contributed by atoms with Crippen LogP contribution in [0, 0.1) is 0 Å². The minimum Gasteiger partial charge on any atom is -0.387 e. The second-order valence-electron chi connectivity index (χ2n) is 5.94. The Balaban J connectivity index is 1.51. The number of amides is 1. The van der Waals surface area contributed by atoms with Crippen molar-refractivity contribution in [3.63, 3.8) is 0 Å². The molecule has 2 heterocycles. The largest absolute Gasteiger partial charge is 0.387 e. The van der Waals surface area contributed by atoms with Crippen LogP contribution in [0.4, 0.5) is 0 Å². The predicted molar refractivity (Wildman–Crippen MR) is 81.2 cm³/mol. The minimum absolute atomic E-state index is 0.110.